The standard InChI is InChI=1S/C13H25N3O3/c1-9(12(17)18)6-14(4)13(19)16-7-10(2)15(5)11(3)8-16/h9-11H,6-8H2,1-5H3,(H,17,18). The number of amides is 2. The molecule has 1 rings (SSSR count). The van der Waals surface area contributed by atoms with Gasteiger partial charge in [-0.05, 0) is 20.9 Å². The Kier molecular flexibility index (Phi) is 5.17. The fraction of sp³-hybridized carbons (Fsp3) is 0.846. The molecule has 19 heavy (non-hydrogen) atoms. The lowest BCUT2D eigenvalue weighted by Gasteiger charge is -2.43. The van der Waals surface area contributed by atoms with Crippen molar-refractivity contribution in [2.45, 2.75) is 32.9 Å². The van der Waals surface area contributed by atoms with E-state index in [0.717, 1.165) is 0 Å². The molecule has 3 unspecified atom stereocenters. The fourth-order valence-corrected chi connectivity index (χ4v) is 2.37. The smallest absolute Gasteiger partial charge is 0.319 e. The molecule has 2 amide bonds. The third kappa shape index (κ3) is 3.83. The first-order valence-electron chi connectivity index (χ1n) is 6.68. The van der Waals surface area contributed by atoms with Crippen LogP contribution in [0.4, 0.5) is 4.79 Å². The summed E-state index contributed by atoms with van der Waals surface area (Å²) < 4.78 is 0. The minimum Gasteiger partial charge on any atom is -0.481 e. The largest absolute Gasteiger partial charge is 0.481 e. The van der Waals surface area contributed by atoms with Crippen LogP contribution in [-0.2, 0) is 4.79 Å². The van der Waals surface area contributed by atoms with Crippen molar-refractivity contribution >= 4 is 12.0 Å². The maximum absolute atomic E-state index is 12.3. The van der Waals surface area contributed by atoms with Crippen LogP contribution in [0, 0.1) is 5.92 Å². The lowest BCUT2D eigenvalue weighted by molar-refractivity contribution is -0.141. The summed E-state index contributed by atoms with van der Waals surface area (Å²) in [5.41, 5.74) is 0. The Balaban J connectivity index is 2.60. The molecule has 1 N–H and O–H groups in total. The molecule has 1 saturated heterocycles. The van der Waals surface area contributed by atoms with Crippen molar-refractivity contribution in [1.82, 2.24) is 14.7 Å². The van der Waals surface area contributed by atoms with Crippen LogP contribution >= 0.6 is 0 Å². The number of carbonyl (C=O) groups is 2. The molecule has 0 aromatic heterocycles. The first kappa shape index (κ1) is 15.8. The molecule has 1 aliphatic heterocycles. The molecule has 0 spiro atoms. The first-order chi connectivity index (χ1) is 8.73. The zero-order chi connectivity index (χ0) is 14.7. The Morgan fingerprint density at radius 1 is 1.32 bits per heavy atom. The summed E-state index contributed by atoms with van der Waals surface area (Å²) >= 11 is 0. The highest BCUT2D eigenvalue weighted by Gasteiger charge is 2.31. The van der Waals surface area contributed by atoms with Gasteiger partial charge in [0.2, 0.25) is 0 Å². The van der Waals surface area contributed by atoms with Crippen molar-refractivity contribution in [2.24, 2.45) is 5.92 Å². The number of carboxylic acids is 1. The molecule has 110 valence electrons. The van der Waals surface area contributed by atoms with Gasteiger partial charge >= 0.3 is 12.0 Å². The normalized spacial score (nSPS) is 26.1. The maximum Gasteiger partial charge on any atom is 0.319 e. The molecule has 1 heterocycles. The second-order valence-corrected chi connectivity index (χ2v) is 5.67. The molecule has 0 radical (unpaired) electrons. The van der Waals surface area contributed by atoms with Crippen LogP contribution in [0.3, 0.4) is 0 Å². The van der Waals surface area contributed by atoms with Gasteiger partial charge in [-0.15, -0.1) is 0 Å². The van der Waals surface area contributed by atoms with E-state index in [1.165, 1.54) is 4.90 Å². The minimum atomic E-state index is -0.875. The van der Waals surface area contributed by atoms with Gasteiger partial charge in [-0.3, -0.25) is 9.69 Å². The SMILES string of the molecule is CC(CN(C)C(=O)N1CC(C)N(C)C(C)C1)C(=O)O. The molecule has 6 heteroatoms. The van der Waals surface area contributed by atoms with Gasteiger partial charge in [0.15, 0.2) is 0 Å². The van der Waals surface area contributed by atoms with E-state index in [4.69, 9.17) is 5.11 Å². The molecule has 1 aliphatic rings. The number of rotatable bonds is 3. The molecule has 1 fully saturated rings. The number of carbonyl (C=O) groups excluding carboxylic acids is 1. The van der Waals surface area contributed by atoms with E-state index < -0.39 is 11.9 Å². The van der Waals surface area contributed by atoms with Gasteiger partial charge in [0.1, 0.15) is 0 Å². The number of aliphatic carboxylic acids is 1. The van der Waals surface area contributed by atoms with Crippen LogP contribution in [0.15, 0.2) is 0 Å². The summed E-state index contributed by atoms with van der Waals surface area (Å²) in [6, 6.07) is 0.552. The highest BCUT2D eigenvalue weighted by molar-refractivity contribution is 5.76. The average molecular weight is 271 g/mol. The van der Waals surface area contributed by atoms with Crippen molar-refractivity contribution in [2.75, 3.05) is 33.7 Å². The monoisotopic (exact) mass is 271 g/mol. The quantitative estimate of drug-likeness (QED) is 0.824. The molecular formula is C13H25N3O3. The molecule has 6 nitrogen and oxygen atoms in total. The summed E-state index contributed by atoms with van der Waals surface area (Å²) in [6.45, 7) is 7.41. The van der Waals surface area contributed by atoms with Gasteiger partial charge in [-0.1, -0.05) is 6.92 Å². The van der Waals surface area contributed by atoms with E-state index >= 15 is 0 Å². The van der Waals surface area contributed by atoms with Crippen LogP contribution in [0.5, 0.6) is 0 Å². The van der Waals surface area contributed by atoms with Crippen molar-refractivity contribution in [3.63, 3.8) is 0 Å². The summed E-state index contributed by atoms with van der Waals surface area (Å²) in [7, 11) is 3.72. The second-order valence-electron chi connectivity index (χ2n) is 5.67. The number of hydrogen-bond donors (Lipinski definition) is 1. The number of carboxylic acid groups (broad SMARTS) is 1. The van der Waals surface area contributed by atoms with E-state index in [0.29, 0.717) is 25.2 Å². The lowest BCUT2D eigenvalue weighted by Crippen LogP contribution is -2.58. The minimum absolute atomic E-state index is 0.0834. The molecule has 0 aromatic carbocycles. The van der Waals surface area contributed by atoms with E-state index in [1.807, 2.05) is 4.90 Å². The number of likely N-dealkylation sites (N-methyl/N-ethyl adjacent to an activating group) is 1. The van der Waals surface area contributed by atoms with Crippen molar-refractivity contribution in [3.8, 4) is 0 Å². The van der Waals surface area contributed by atoms with E-state index in [-0.39, 0.29) is 12.6 Å². The van der Waals surface area contributed by atoms with E-state index in [9.17, 15) is 9.59 Å². The summed E-state index contributed by atoms with van der Waals surface area (Å²) in [5, 5.41) is 8.88. The summed E-state index contributed by atoms with van der Waals surface area (Å²) in [6.07, 6.45) is 0. The van der Waals surface area contributed by atoms with Gasteiger partial charge < -0.3 is 14.9 Å². The predicted octanol–water partition coefficient (Wildman–Crippen LogP) is 0.783. The Morgan fingerprint density at radius 2 is 1.79 bits per heavy atom. The molecule has 0 bridgehead atoms. The van der Waals surface area contributed by atoms with Crippen molar-refractivity contribution < 1.29 is 14.7 Å². The van der Waals surface area contributed by atoms with E-state index in [2.05, 4.69) is 25.8 Å². The highest BCUT2D eigenvalue weighted by atomic mass is 16.4. The Bertz CT molecular complexity index is 336. The third-order valence-corrected chi connectivity index (χ3v) is 3.93. The third-order valence-electron chi connectivity index (χ3n) is 3.93. The van der Waals surface area contributed by atoms with Crippen LogP contribution in [0.1, 0.15) is 20.8 Å². The van der Waals surface area contributed by atoms with Gasteiger partial charge in [0.25, 0.3) is 0 Å². The number of urea groups is 1. The number of nitrogens with zero attached hydrogens (tertiary/aromatic N) is 3. The highest BCUT2D eigenvalue weighted by Crippen LogP contribution is 2.15. The average Bonchev–Trinajstić information content (AvgIpc) is 2.33. The van der Waals surface area contributed by atoms with Crippen LogP contribution in [-0.4, -0.2) is 77.6 Å². The summed E-state index contributed by atoms with van der Waals surface area (Å²) in [4.78, 5) is 28.7. The van der Waals surface area contributed by atoms with E-state index in [1.54, 1.807) is 14.0 Å². The maximum atomic E-state index is 12.3. The predicted molar refractivity (Wildman–Crippen MR) is 73.1 cm³/mol. The Morgan fingerprint density at radius 3 is 2.21 bits per heavy atom. The van der Waals surface area contributed by atoms with Crippen molar-refractivity contribution in [1.29, 1.82) is 0 Å². The van der Waals surface area contributed by atoms with Gasteiger partial charge in [-0.25, -0.2) is 4.79 Å². The van der Waals surface area contributed by atoms with Gasteiger partial charge in [0.05, 0.1) is 5.92 Å². The molecule has 0 aliphatic carbocycles. The molecule has 0 saturated carbocycles. The Hall–Kier alpha value is -1.30. The fourth-order valence-electron chi connectivity index (χ4n) is 2.37. The van der Waals surface area contributed by atoms with Crippen LogP contribution < -0.4 is 0 Å². The zero-order valence-electron chi connectivity index (χ0n) is 12.5. The first-order valence-corrected chi connectivity index (χ1v) is 6.68. The van der Waals surface area contributed by atoms with Crippen molar-refractivity contribution in [3.05, 3.63) is 0 Å². The van der Waals surface area contributed by atoms with Crippen LogP contribution in [0.25, 0.3) is 0 Å². The molecule has 3 atom stereocenters. The number of hydrogen-bond acceptors (Lipinski definition) is 3. The topological polar surface area (TPSA) is 64.1 Å². The summed E-state index contributed by atoms with van der Waals surface area (Å²) in [5.74, 6) is -1.42. The second kappa shape index (κ2) is 6.23. The molecule has 0 aromatic rings. The molecular weight excluding hydrogens is 246 g/mol. The zero-order valence-corrected chi connectivity index (χ0v) is 12.5. The number of piperazine rings is 1. The Labute approximate surface area is 115 Å². The van der Waals surface area contributed by atoms with Crippen LogP contribution in [0.2, 0.25) is 0 Å². The van der Waals surface area contributed by atoms with Gasteiger partial charge in [-0.2, -0.15) is 0 Å². The lowest BCUT2D eigenvalue weighted by atomic mass is 10.1. The van der Waals surface area contributed by atoms with Gasteiger partial charge in [0, 0.05) is 38.8 Å².